The van der Waals surface area contributed by atoms with Gasteiger partial charge in [-0.05, 0) is 24.7 Å². The van der Waals surface area contributed by atoms with Gasteiger partial charge in [-0.15, -0.1) is 0 Å². The van der Waals surface area contributed by atoms with Crippen LogP contribution < -0.4 is 0 Å². The summed E-state index contributed by atoms with van der Waals surface area (Å²) in [5.41, 5.74) is 2.12. The predicted molar refractivity (Wildman–Crippen MR) is 68.6 cm³/mol. The Balaban J connectivity index is 1.54. The van der Waals surface area contributed by atoms with Crippen LogP contribution in [0.4, 0.5) is 0 Å². The Bertz CT molecular complexity index is 455. The standard InChI is InChI=1S/C14H18N2O2/c1-15-7-14(8-15)9-16(10-14)6-11-2-4-12(5-3-11)13(17)18/h2-5H,6-10H2,1H3,(H,17,18). The van der Waals surface area contributed by atoms with Gasteiger partial charge in [0.05, 0.1) is 5.56 Å². The van der Waals surface area contributed by atoms with Gasteiger partial charge in [0.15, 0.2) is 0 Å². The number of hydrogen-bond acceptors (Lipinski definition) is 3. The van der Waals surface area contributed by atoms with E-state index in [2.05, 4.69) is 16.8 Å². The fourth-order valence-corrected chi connectivity index (χ4v) is 3.32. The Morgan fingerprint density at radius 2 is 1.83 bits per heavy atom. The second kappa shape index (κ2) is 4.07. The number of rotatable bonds is 3. The number of nitrogens with zero attached hydrogens (tertiary/aromatic N) is 2. The normalized spacial score (nSPS) is 22.5. The number of likely N-dealkylation sites (tertiary alicyclic amines) is 2. The fraction of sp³-hybridized carbons (Fsp3) is 0.500. The quantitative estimate of drug-likeness (QED) is 0.868. The van der Waals surface area contributed by atoms with Gasteiger partial charge in [0, 0.05) is 38.1 Å². The highest BCUT2D eigenvalue weighted by Crippen LogP contribution is 2.39. The zero-order valence-electron chi connectivity index (χ0n) is 10.6. The zero-order valence-corrected chi connectivity index (χ0v) is 10.6. The van der Waals surface area contributed by atoms with Gasteiger partial charge in [0.25, 0.3) is 0 Å². The van der Waals surface area contributed by atoms with E-state index >= 15 is 0 Å². The molecule has 0 aromatic heterocycles. The number of hydrogen-bond donors (Lipinski definition) is 1. The van der Waals surface area contributed by atoms with E-state index in [9.17, 15) is 4.79 Å². The van der Waals surface area contributed by atoms with Crippen molar-refractivity contribution in [3.63, 3.8) is 0 Å². The smallest absolute Gasteiger partial charge is 0.335 e. The molecule has 4 heteroatoms. The number of carboxylic acids is 1. The molecule has 0 radical (unpaired) electrons. The largest absolute Gasteiger partial charge is 0.478 e. The van der Waals surface area contributed by atoms with Crippen molar-refractivity contribution in [2.24, 2.45) is 5.41 Å². The minimum Gasteiger partial charge on any atom is -0.478 e. The third kappa shape index (κ3) is 2.02. The SMILES string of the molecule is CN1CC2(C1)CN(Cc1ccc(C(=O)O)cc1)C2. The Morgan fingerprint density at radius 1 is 1.22 bits per heavy atom. The molecule has 96 valence electrons. The maximum atomic E-state index is 10.7. The Hall–Kier alpha value is -1.39. The molecule has 2 aliphatic heterocycles. The summed E-state index contributed by atoms with van der Waals surface area (Å²) < 4.78 is 0. The summed E-state index contributed by atoms with van der Waals surface area (Å²) >= 11 is 0. The number of carbonyl (C=O) groups is 1. The summed E-state index contributed by atoms with van der Waals surface area (Å²) in [6.45, 7) is 5.74. The van der Waals surface area contributed by atoms with Gasteiger partial charge in [-0.1, -0.05) is 12.1 Å². The third-order valence-corrected chi connectivity index (χ3v) is 3.94. The molecule has 1 aromatic carbocycles. The van der Waals surface area contributed by atoms with Crippen molar-refractivity contribution in [1.29, 1.82) is 0 Å². The van der Waals surface area contributed by atoms with Crippen LogP contribution in [-0.4, -0.2) is 54.1 Å². The van der Waals surface area contributed by atoms with E-state index in [0.29, 0.717) is 11.0 Å². The molecule has 1 spiro atoms. The molecule has 0 saturated carbocycles. The van der Waals surface area contributed by atoms with Crippen molar-refractivity contribution in [3.05, 3.63) is 35.4 Å². The van der Waals surface area contributed by atoms with Gasteiger partial charge >= 0.3 is 5.97 Å². The minimum absolute atomic E-state index is 0.361. The first-order valence-corrected chi connectivity index (χ1v) is 6.30. The molecule has 1 N–H and O–H groups in total. The average molecular weight is 246 g/mol. The van der Waals surface area contributed by atoms with E-state index in [4.69, 9.17) is 5.11 Å². The summed E-state index contributed by atoms with van der Waals surface area (Å²) in [5, 5.41) is 8.83. The minimum atomic E-state index is -0.859. The molecule has 4 nitrogen and oxygen atoms in total. The van der Waals surface area contributed by atoms with Crippen LogP contribution in [0.2, 0.25) is 0 Å². The second-order valence-corrected chi connectivity index (χ2v) is 5.82. The van der Waals surface area contributed by atoms with Gasteiger partial charge in [0.2, 0.25) is 0 Å². The van der Waals surface area contributed by atoms with Crippen molar-refractivity contribution < 1.29 is 9.90 Å². The lowest BCUT2D eigenvalue weighted by Crippen LogP contribution is -2.70. The van der Waals surface area contributed by atoms with Gasteiger partial charge in [-0.3, -0.25) is 4.90 Å². The Morgan fingerprint density at radius 3 is 2.33 bits per heavy atom. The van der Waals surface area contributed by atoms with E-state index in [-0.39, 0.29) is 0 Å². The number of benzene rings is 1. The van der Waals surface area contributed by atoms with Crippen molar-refractivity contribution in [1.82, 2.24) is 9.80 Å². The lowest BCUT2D eigenvalue weighted by atomic mass is 9.73. The molecule has 3 rings (SSSR count). The summed E-state index contributed by atoms with van der Waals surface area (Å²) in [4.78, 5) is 15.5. The molecule has 0 unspecified atom stereocenters. The lowest BCUT2D eigenvalue weighted by Gasteiger charge is -2.59. The highest BCUT2D eigenvalue weighted by atomic mass is 16.4. The van der Waals surface area contributed by atoms with Crippen LogP contribution in [0.15, 0.2) is 24.3 Å². The molecule has 0 atom stereocenters. The first-order valence-electron chi connectivity index (χ1n) is 6.30. The van der Waals surface area contributed by atoms with Crippen LogP contribution in [0, 0.1) is 5.41 Å². The molecule has 0 aliphatic carbocycles. The van der Waals surface area contributed by atoms with Gasteiger partial charge in [-0.2, -0.15) is 0 Å². The van der Waals surface area contributed by atoms with Crippen LogP contribution in [0.1, 0.15) is 15.9 Å². The lowest BCUT2D eigenvalue weighted by molar-refractivity contribution is -0.107. The molecule has 2 heterocycles. The summed E-state index contributed by atoms with van der Waals surface area (Å²) in [6.07, 6.45) is 0. The third-order valence-electron chi connectivity index (χ3n) is 3.94. The summed E-state index contributed by atoms with van der Waals surface area (Å²) in [7, 11) is 2.17. The van der Waals surface area contributed by atoms with Crippen LogP contribution in [-0.2, 0) is 6.54 Å². The van der Waals surface area contributed by atoms with Crippen LogP contribution in [0.5, 0.6) is 0 Å². The topological polar surface area (TPSA) is 43.8 Å². The van der Waals surface area contributed by atoms with Gasteiger partial charge in [-0.25, -0.2) is 4.79 Å². The molecule has 0 bridgehead atoms. The van der Waals surface area contributed by atoms with Gasteiger partial charge < -0.3 is 10.0 Å². The molecular weight excluding hydrogens is 228 g/mol. The first-order chi connectivity index (χ1) is 8.56. The van der Waals surface area contributed by atoms with Crippen molar-refractivity contribution in [2.75, 3.05) is 33.2 Å². The van der Waals surface area contributed by atoms with Crippen LogP contribution in [0.25, 0.3) is 0 Å². The Labute approximate surface area is 107 Å². The van der Waals surface area contributed by atoms with Crippen molar-refractivity contribution >= 4 is 5.97 Å². The van der Waals surface area contributed by atoms with E-state index in [0.717, 1.165) is 6.54 Å². The molecule has 0 amide bonds. The van der Waals surface area contributed by atoms with E-state index in [1.807, 2.05) is 12.1 Å². The summed E-state index contributed by atoms with van der Waals surface area (Å²) in [5.74, 6) is -0.859. The maximum Gasteiger partial charge on any atom is 0.335 e. The number of aromatic carboxylic acids is 1. The zero-order chi connectivity index (χ0) is 12.8. The molecule has 2 fully saturated rings. The molecule has 1 aromatic rings. The van der Waals surface area contributed by atoms with Crippen LogP contribution >= 0.6 is 0 Å². The van der Waals surface area contributed by atoms with E-state index < -0.39 is 5.97 Å². The van der Waals surface area contributed by atoms with Crippen molar-refractivity contribution in [3.8, 4) is 0 Å². The average Bonchev–Trinajstić information content (AvgIpc) is 2.25. The Kier molecular flexibility index (Phi) is 2.64. The first kappa shape index (κ1) is 11.7. The van der Waals surface area contributed by atoms with E-state index in [1.54, 1.807) is 12.1 Å². The second-order valence-electron chi connectivity index (χ2n) is 5.82. The molecule has 2 saturated heterocycles. The monoisotopic (exact) mass is 246 g/mol. The molecular formula is C14H18N2O2. The highest BCUT2D eigenvalue weighted by Gasteiger charge is 2.49. The highest BCUT2D eigenvalue weighted by molar-refractivity contribution is 5.87. The predicted octanol–water partition coefficient (Wildman–Crippen LogP) is 1.13. The molecule has 2 aliphatic rings. The fourth-order valence-electron chi connectivity index (χ4n) is 3.32. The van der Waals surface area contributed by atoms with E-state index in [1.165, 1.54) is 31.7 Å². The van der Waals surface area contributed by atoms with Crippen molar-refractivity contribution in [2.45, 2.75) is 6.54 Å². The van der Waals surface area contributed by atoms with Crippen LogP contribution in [0.3, 0.4) is 0 Å². The summed E-state index contributed by atoms with van der Waals surface area (Å²) in [6, 6.07) is 7.21. The van der Waals surface area contributed by atoms with Gasteiger partial charge in [0.1, 0.15) is 0 Å². The number of carboxylic acid groups (broad SMARTS) is 1. The molecule has 18 heavy (non-hydrogen) atoms. The maximum absolute atomic E-state index is 10.7.